The lowest BCUT2D eigenvalue weighted by Crippen LogP contribution is -2.44. The van der Waals surface area contributed by atoms with E-state index < -0.39 is 29.1 Å². The highest BCUT2D eigenvalue weighted by Crippen LogP contribution is 2.46. The summed E-state index contributed by atoms with van der Waals surface area (Å²) in [6.07, 6.45) is 2.64. The van der Waals surface area contributed by atoms with Gasteiger partial charge in [0, 0.05) is 22.6 Å². The number of carbonyl (C=O) groups is 2. The molecule has 4 N–H and O–H groups in total. The Balaban J connectivity index is 1.41. The van der Waals surface area contributed by atoms with Crippen molar-refractivity contribution >= 4 is 28.9 Å². The summed E-state index contributed by atoms with van der Waals surface area (Å²) in [4.78, 5) is 44.5. The van der Waals surface area contributed by atoms with Crippen LogP contribution < -0.4 is 16.6 Å². The fraction of sp³-hybridized carbons (Fsp3) is 0.273. The first-order valence-electron chi connectivity index (χ1n) is 14.3. The lowest BCUT2D eigenvalue weighted by molar-refractivity contribution is -0.172. The lowest BCUT2D eigenvalue weighted by atomic mass is 9.81. The molecule has 7 rings (SSSR count). The number of nitrogens with two attached hydrogens (primary N) is 1. The van der Waals surface area contributed by atoms with Crippen molar-refractivity contribution in [2.75, 3.05) is 0 Å². The second-order valence-corrected chi connectivity index (χ2v) is 11.4. The molecule has 1 aliphatic carbocycles. The van der Waals surface area contributed by atoms with Crippen molar-refractivity contribution in [3.8, 4) is 11.4 Å². The molecule has 9 nitrogen and oxygen atoms in total. The maximum absolute atomic E-state index is 15.1. The third-order valence-electron chi connectivity index (χ3n) is 9.07. The van der Waals surface area contributed by atoms with Crippen molar-refractivity contribution in [3.63, 3.8) is 0 Å². The van der Waals surface area contributed by atoms with Gasteiger partial charge in [-0.25, -0.2) is 14.2 Å². The van der Waals surface area contributed by atoms with Crippen molar-refractivity contribution in [1.82, 2.24) is 14.9 Å². The number of ether oxygens (including phenoxy) is 1. The summed E-state index contributed by atoms with van der Waals surface area (Å²) in [5.41, 5.74) is 9.19. The Kier molecular flexibility index (Phi) is 6.04. The minimum atomic E-state index is -1.97. The predicted octanol–water partition coefficient (Wildman–Crippen LogP) is 3.63. The number of aromatic nitrogens is 2. The highest BCUT2D eigenvalue weighted by Gasteiger charge is 2.46. The molecule has 0 saturated carbocycles. The quantitative estimate of drug-likeness (QED) is 0.218. The van der Waals surface area contributed by atoms with Crippen LogP contribution in [-0.4, -0.2) is 26.5 Å². The van der Waals surface area contributed by atoms with Crippen LogP contribution in [0.25, 0.3) is 28.4 Å². The number of rotatable bonds is 4. The number of benzene rings is 2. The monoisotopic (exact) mass is 580 g/mol. The van der Waals surface area contributed by atoms with E-state index in [1.165, 1.54) is 6.07 Å². The van der Waals surface area contributed by atoms with Crippen molar-refractivity contribution in [3.05, 3.63) is 103 Å². The number of amides is 1. The van der Waals surface area contributed by atoms with Gasteiger partial charge in [-0.05, 0) is 60.6 Å². The van der Waals surface area contributed by atoms with Gasteiger partial charge in [-0.2, -0.15) is 0 Å². The average molecular weight is 581 g/mol. The van der Waals surface area contributed by atoms with Crippen LogP contribution in [0.4, 0.5) is 4.39 Å². The highest BCUT2D eigenvalue weighted by molar-refractivity contribution is 5.98. The van der Waals surface area contributed by atoms with Crippen LogP contribution >= 0.6 is 0 Å². The van der Waals surface area contributed by atoms with Gasteiger partial charge in [0.05, 0.1) is 40.8 Å². The zero-order valence-electron chi connectivity index (χ0n) is 23.7. The Morgan fingerprint density at radius 1 is 1.23 bits per heavy atom. The molecule has 0 fully saturated rings. The van der Waals surface area contributed by atoms with Gasteiger partial charge < -0.3 is 25.5 Å². The fourth-order valence-corrected chi connectivity index (χ4v) is 6.73. The fourth-order valence-electron chi connectivity index (χ4n) is 6.73. The van der Waals surface area contributed by atoms with Gasteiger partial charge in [0.2, 0.25) is 0 Å². The molecular weight excluding hydrogens is 551 g/mol. The Hall–Kier alpha value is -4.83. The molecule has 218 valence electrons. The summed E-state index contributed by atoms with van der Waals surface area (Å²) in [6, 6.07) is 11.8. The van der Waals surface area contributed by atoms with Crippen LogP contribution in [0, 0.1) is 12.7 Å². The standard InChI is InChI=1S/C33H29FN4O5/c1-3-33(42)21-12-26-29-19(14-38(26)31(40)20(21)15-43-32(33)41)28-24(37-30(39)23(35)11-17-7-5-4-6-8-17)10-9-18-16(2)22(34)13-25(36-29)27(18)28/h4-8,11-13,24,42H,3,9-10,14-15,35H2,1-2H3,(H,37,39)/b23-11-/t24-,33-/m0/s1. The number of pyridine rings is 2. The molecule has 4 heterocycles. The molecule has 43 heavy (non-hydrogen) atoms. The number of halogens is 1. The van der Waals surface area contributed by atoms with E-state index in [1.807, 2.05) is 30.3 Å². The van der Waals surface area contributed by atoms with Crippen molar-refractivity contribution in [2.24, 2.45) is 5.73 Å². The molecule has 0 radical (unpaired) electrons. The number of esters is 1. The van der Waals surface area contributed by atoms with Crippen LogP contribution in [0.5, 0.6) is 0 Å². The molecule has 2 atom stereocenters. The van der Waals surface area contributed by atoms with Crippen molar-refractivity contribution < 1.29 is 23.8 Å². The summed E-state index contributed by atoms with van der Waals surface area (Å²) in [5.74, 6) is -1.64. The van der Waals surface area contributed by atoms with E-state index in [1.54, 1.807) is 30.6 Å². The molecule has 10 heteroatoms. The van der Waals surface area contributed by atoms with Crippen LogP contribution in [0.1, 0.15) is 64.8 Å². The van der Waals surface area contributed by atoms with Gasteiger partial charge >= 0.3 is 5.97 Å². The number of nitrogens with zero attached hydrogens (tertiary/aromatic N) is 2. The van der Waals surface area contributed by atoms with Crippen molar-refractivity contribution in [2.45, 2.75) is 57.9 Å². The number of hydrogen-bond donors (Lipinski definition) is 3. The van der Waals surface area contributed by atoms with Crippen LogP contribution in [0.3, 0.4) is 0 Å². The molecule has 0 bridgehead atoms. The van der Waals surface area contributed by atoms with E-state index in [0.717, 1.165) is 27.6 Å². The number of carbonyl (C=O) groups excluding carboxylic acids is 2. The minimum Gasteiger partial charge on any atom is -0.458 e. The molecule has 0 unspecified atom stereocenters. The summed E-state index contributed by atoms with van der Waals surface area (Å²) in [7, 11) is 0. The molecule has 0 spiro atoms. The zero-order chi connectivity index (χ0) is 30.2. The Labute approximate surface area is 245 Å². The van der Waals surface area contributed by atoms with Gasteiger partial charge in [-0.3, -0.25) is 9.59 Å². The van der Waals surface area contributed by atoms with E-state index in [-0.39, 0.29) is 42.2 Å². The van der Waals surface area contributed by atoms with E-state index in [0.29, 0.717) is 35.3 Å². The molecule has 3 aliphatic rings. The van der Waals surface area contributed by atoms with Crippen molar-refractivity contribution in [1.29, 1.82) is 0 Å². The van der Waals surface area contributed by atoms with Gasteiger partial charge in [-0.1, -0.05) is 37.3 Å². The number of hydrogen-bond acceptors (Lipinski definition) is 7. The lowest BCUT2D eigenvalue weighted by Gasteiger charge is -2.31. The average Bonchev–Trinajstić information content (AvgIpc) is 3.37. The second kappa shape index (κ2) is 9.60. The van der Waals surface area contributed by atoms with Gasteiger partial charge in [0.1, 0.15) is 12.4 Å². The summed E-state index contributed by atoms with van der Waals surface area (Å²) in [5, 5.41) is 15.1. The van der Waals surface area contributed by atoms with Gasteiger partial charge in [0.15, 0.2) is 5.60 Å². The maximum Gasteiger partial charge on any atom is 0.343 e. The SMILES string of the molecule is CC[C@@]1(O)C(=O)OCc2c1cc1n(c2=O)Cc2c-1nc1cc(F)c(C)c3c1c2[C@@H](NC(=O)/C(N)=C/c1ccccc1)CC3. The topological polar surface area (TPSA) is 137 Å². The summed E-state index contributed by atoms with van der Waals surface area (Å²) >= 11 is 0. The Bertz CT molecular complexity index is 1980. The molecule has 0 saturated heterocycles. The molecule has 1 amide bonds. The number of cyclic esters (lactones) is 1. The number of aliphatic hydroxyl groups is 1. The van der Waals surface area contributed by atoms with E-state index >= 15 is 4.39 Å². The third-order valence-corrected chi connectivity index (χ3v) is 9.07. The third kappa shape index (κ3) is 3.93. The van der Waals surface area contributed by atoms with Crippen LogP contribution in [-0.2, 0) is 39.5 Å². The van der Waals surface area contributed by atoms with Gasteiger partial charge in [-0.15, -0.1) is 0 Å². The van der Waals surface area contributed by atoms with E-state index in [9.17, 15) is 19.5 Å². The predicted molar refractivity (Wildman–Crippen MR) is 157 cm³/mol. The number of fused-ring (bicyclic) bond motifs is 5. The maximum atomic E-state index is 15.1. The van der Waals surface area contributed by atoms with Gasteiger partial charge in [0.25, 0.3) is 11.5 Å². The molecular formula is C33H29FN4O5. The summed E-state index contributed by atoms with van der Waals surface area (Å²) in [6.45, 7) is 3.29. The molecule has 2 aromatic heterocycles. The Morgan fingerprint density at radius 2 is 2.00 bits per heavy atom. The first-order chi connectivity index (χ1) is 20.6. The molecule has 2 aliphatic heterocycles. The number of nitrogens with one attached hydrogen (secondary N) is 1. The number of aryl methyl sites for hydroxylation is 1. The highest BCUT2D eigenvalue weighted by atomic mass is 19.1. The molecule has 4 aromatic rings. The van der Waals surface area contributed by atoms with E-state index in [2.05, 4.69) is 5.32 Å². The molecule has 2 aromatic carbocycles. The first-order valence-corrected chi connectivity index (χ1v) is 14.3. The first kappa shape index (κ1) is 27.0. The smallest absolute Gasteiger partial charge is 0.343 e. The largest absolute Gasteiger partial charge is 0.458 e. The van der Waals surface area contributed by atoms with Crippen LogP contribution in [0.15, 0.2) is 53.0 Å². The normalized spacial score (nSPS) is 20.3. The Morgan fingerprint density at radius 3 is 2.74 bits per heavy atom. The minimum absolute atomic E-state index is 0.0187. The zero-order valence-corrected chi connectivity index (χ0v) is 23.7. The van der Waals surface area contributed by atoms with Crippen LogP contribution in [0.2, 0.25) is 0 Å². The summed E-state index contributed by atoms with van der Waals surface area (Å²) < 4.78 is 21.9. The van der Waals surface area contributed by atoms with E-state index in [4.69, 9.17) is 15.5 Å². The second-order valence-electron chi connectivity index (χ2n) is 11.4.